The summed E-state index contributed by atoms with van der Waals surface area (Å²) in [6, 6.07) is 16.0. The number of para-hydroxylation sites is 1. The molecule has 0 atom stereocenters. The number of rotatable bonds is 4. The van der Waals surface area contributed by atoms with E-state index in [0.717, 1.165) is 33.5 Å². The standard InChI is InChI=1S/C22H19N5O.ClH/c1-26-20(9-12-24-26)17-8-11-23-19-14-27(22(28)21(17)19)13-10-16-7-6-15-4-2-3-5-18(15)25-16;/h2-9,11-12H,10,13-14H2,1H3;1H. The number of benzene rings is 1. The summed E-state index contributed by atoms with van der Waals surface area (Å²) in [6.07, 6.45) is 4.22. The van der Waals surface area contributed by atoms with Crippen LogP contribution in [0.3, 0.4) is 0 Å². The van der Waals surface area contributed by atoms with Crippen molar-refractivity contribution in [2.24, 2.45) is 7.05 Å². The fourth-order valence-electron chi connectivity index (χ4n) is 3.80. The molecular formula is C22H20ClN5O. The van der Waals surface area contributed by atoms with E-state index < -0.39 is 0 Å². The van der Waals surface area contributed by atoms with Gasteiger partial charge in [-0.15, -0.1) is 12.4 Å². The Labute approximate surface area is 174 Å². The van der Waals surface area contributed by atoms with Crippen molar-refractivity contribution < 1.29 is 4.79 Å². The second-order valence-electron chi connectivity index (χ2n) is 6.99. The molecule has 0 saturated carbocycles. The van der Waals surface area contributed by atoms with Gasteiger partial charge < -0.3 is 4.90 Å². The summed E-state index contributed by atoms with van der Waals surface area (Å²) in [4.78, 5) is 24.1. The van der Waals surface area contributed by atoms with Gasteiger partial charge in [0.25, 0.3) is 5.91 Å². The van der Waals surface area contributed by atoms with Crippen LogP contribution >= 0.6 is 12.4 Å². The highest BCUT2D eigenvalue weighted by atomic mass is 35.5. The van der Waals surface area contributed by atoms with Crippen LogP contribution in [-0.2, 0) is 20.0 Å². The number of carbonyl (C=O) groups is 1. The normalized spacial score (nSPS) is 12.9. The molecule has 6 nitrogen and oxygen atoms in total. The Kier molecular flexibility index (Phi) is 5.03. The highest BCUT2D eigenvalue weighted by Gasteiger charge is 2.31. The minimum absolute atomic E-state index is 0. The van der Waals surface area contributed by atoms with E-state index >= 15 is 0 Å². The second kappa shape index (κ2) is 7.64. The molecule has 0 spiro atoms. The van der Waals surface area contributed by atoms with Gasteiger partial charge in [-0.1, -0.05) is 24.3 Å². The highest BCUT2D eigenvalue weighted by Crippen LogP contribution is 2.31. The fourth-order valence-corrected chi connectivity index (χ4v) is 3.80. The minimum atomic E-state index is 0. The first-order valence-electron chi connectivity index (χ1n) is 9.31. The van der Waals surface area contributed by atoms with E-state index in [-0.39, 0.29) is 18.3 Å². The molecule has 0 unspecified atom stereocenters. The first-order chi connectivity index (χ1) is 13.7. The molecule has 7 heteroatoms. The molecule has 0 N–H and O–H groups in total. The lowest BCUT2D eigenvalue weighted by Crippen LogP contribution is -2.26. The molecule has 4 heterocycles. The zero-order valence-electron chi connectivity index (χ0n) is 15.9. The Morgan fingerprint density at radius 3 is 2.72 bits per heavy atom. The van der Waals surface area contributed by atoms with Crippen molar-refractivity contribution in [3.63, 3.8) is 0 Å². The van der Waals surface area contributed by atoms with Gasteiger partial charge in [-0.2, -0.15) is 5.10 Å². The van der Waals surface area contributed by atoms with E-state index in [1.165, 1.54) is 0 Å². The summed E-state index contributed by atoms with van der Waals surface area (Å²) in [5.41, 5.74) is 5.30. The smallest absolute Gasteiger partial charge is 0.256 e. The molecular weight excluding hydrogens is 386 g/mol. The van der Waals surface area contributed by atoms with Crippen molar-refractivity contribution in [2.45, 2.75) is 13.0 Å². The number of fused-ring (bicyclic) bond motifs is 2. The zero-order valence-corrected chi connectivity index (χ0v) is 16.8. The van der Waals surface area contributed by atoms with Crippen molar-refractivity contribution in [1.82, 2.24) is 24.6 Å². The Bertz CT molecular complexity index is 1200. The first-order valence-corrected chi connectivity index (χ1v) is 9.31. The monoisotopic (exact) mass is 405 g/mol. The average Bonchev–Trinajstić information content (AvgIpc) is 3.29. The molecule has 4 aromatic rings. The number of halogens is 1. The number of carbonyl (C=O) groups excluding carboxylic acids is 1. The SMILES string of the molecule is Cl.Cn1nccc1-c1ccnc2c1C(=O)N(CCc1ccc3ccccc3n1)C2. The van der Waals surface area contributed by atoms with Crippen molar-refractivity contribution in [1.29, 1.82) is 0 Å². The van der Waals surface area contributed by atoms with Gasteiger partial charge in [0.05, 0.1) is 29.0 Å². The maximum Gasteiger partial charge on any atom is 0.256 e. The van der Waals surface area contributed by atoms with Gasteiger partial charge in [-0.25, -0.2) is 0 Å². The third-order valence-corrected chi connectivity index (χ3v) is 5.26. The van der Waals surface area contributed by atoms with Gasteiger partial charge in [0.1, 0.15) is 0 Å². The molecule has 146 valence electrons. The maximum atomic E-state index is 13.1. The minimum Gasteiger partial charge on any atom is -0.332 e. The van der Waals surface area contributed by atoms with Gasteiger partial charge >= 0.3 is 0 Å². The number of pyridine rings is 2. The van der Waals surface area contributed by atoms with E-state index in [4.69, 9.17) is 4.98 Å². The largest absolute Gasteiger partial charge is 0.332 e. The molecule has 0 saturated heterocycles. The number of hydrogen-bond acceptors (Lipinski definition) is 4. The van der Waals surface area contributed by atoms with E-state index in [0.29, 0.717) is 25.1 Å². The van der Waals surface area contributed by atoms with Crippen LogP contribution < -0.4 is 0 Å². The van der Waals surface area contributed by atoms with Crippen LogP contribution in [-0.4, -0.2) is 37.1 Å². The Morgan fingerprint density at radius 2 is 1.90 bits per heavy atom. The highest BCUT2D eigenvalue weighted by molar-refractivity contribution is 6.03. The van der Waals surface area contributed by atoms with E-state index in [9.17, 15) is 4.79 Å². The van der Waals surface area contributed by atoms with Gasteiger partial charge in [0.2, 0.25) is 0 Å². The van der Waals surface area contributed by atoms with Crippen LogP contribution in [0.25, 0.3) is 22.2 Å². The molecule has 5 rings (SSSR count). The lowest BCUT2D eigenvalue weighted by Gasteiger charge is -2.15. The number of amides is 1. The van der Waals surface area contributed by atoms with Gasteiger partial charge in [-0.05, 0) is 24.3 Å². The molecule has 1 aliphatic heterocycles. The van der Waals surface area contributed by atoms with Crippen LogP contribution in [0.15, 0.2) is 60.9 Å². The quantitative estimate of drug-likeness (QED) is 0.520. The molecule has 0 radical (unpaired) electrons. The Balaban J connectivity index is 0.00000205. The molecule has 1 aliphatic rings. The van der Waals surface area contributed by atoms with Crippen molar-refractivity contribution >= 4 is 29.2 Å². The fraction of sp³-hybridized carbons (Fsp3) is 0.182. The third kappa shape index (κ3) is 3.36. The second-order valence-corrected chi connectivity index (χ2v) is 6.99. The Hall–Kier alpha value is -3.25. The van der Waals surface area contributed by atoms with E-state index in [2.05, 4.69) is 22.2 Å². The molecule has 0 bridgehead atoms. The van der Waals surface area contributed by atoms with E-state index in [1.807, 2.05) is 48.3 Å². The summed E-state index contributed by atoms with van der Waals surface area (Å²) in [6.45, 7) is 1.15. The number of aryl methyl sites for hydroxylation is 1. The lowest BCUT2D eigenvalue weighted by molar-refractivity contribution is 0.0780. The molecule has 1 aromatic carbocycles. The predicted octanol–water partition coefficient (Wildman–Crippen LogP) is 3.65. The Morgan fingerprint density at radius 1 is 1.03 bits per heavy atom. The molecule has 3 aromatic heterocycles. The summed E-state index contributed by atoms with van der Waals surface area (Å²) in [5.74, 6) is 0.0279. The van der Waals surface area contributed by atoms with Crippen LogP contribution in [0.1, 0.15) is 21.7 Å². The zero-order chi connectivity index (χ0) is 19.1. The maximum absolute atomic E-state index is 13.1. The average molecular weight is 406 g/mol. The molecule has 0 fully saturated rings. The van der Waals surface area contributed by atoms with Crippen LogP contribution in [0.4, 0.5) is 0 Å². The molecule has 0 aliphatic carbocycles. The summed E-state index contributed by atoms with van der Waals surface area (Å²) >= 11 is 0. The van der Waals surface area contributed by atoms with Crippen molar-refractivity contribution in [3.05, 3.63) is 77.9 Å². The number of aromatic nitrogens is 4. The van der Waals surface area contributed by atoms with Gasteiger partial charge in [-0.3, -0.25) is 19.4 Å². The molecule has 1 amide bonds. The predicted molar refractivity (Wildman–Crippen MR) is 114 cm³/mol. The third-order valence-electron chi connectivity index (χ3n) is 5.26. The summed E-state index contributed by atoms with van der Waals surface area (Å²) in [5, 5.41) is 5.35. The number of hydrogen-bond donors (Lipinski definition) is 0. The van der Waals surface area contributed by atoms with E-state index in [1.54, 1.807) is 17.1 Å². The number of nitrogens with zero attached hydrogens (tertiary/aromatic N) is 5. The van der Waals surface area contributed by atoms with Crippen molar-refractivity contribution in [2.75, 3.05) is 6.54 Å². The van der Waals surface area contributed by atoms with Gasteiger partial charge in [0, 0.05) is 49.1 Å². The van der Waals surface area contributed by atoms with Crippen LogP contribution in [0, 0.1) is 0 Å². The topological polar surface area (TPSA) is 63.9 Å². The first kappa shape index (κ1) is 19.1. The summed E-state index contributed by atoms with van der Waals surface area (Å²) < 4.78 is 1.78. The molecule has 29 heavy (non-hydrogen) atoms. The van der Waals surface area contributed by atoms with Crippen LogP contribution in [0.5, 0.6) is 0 Å². The van der Waals surface area contributed by atoms with Gasteiger partial charge in [0.15, 0.2) is 0 Å². The van der Waals surface area contributed by atoms with Crippen LogP contribution in [0.2, 0.25) is 0 Å². The lowest BCUT2D eigenvalue weighted by atomic mass is 10.1. The summed E-state index contributed by atoms with van der Waals surface area (Å²) in [7, 11) is 1.88. The van der Waals surface area contributed by atoms with Crippen molar-refractivity contribution in [3.8, 4) is 11.3 Å².